The predicted octanol–water partition coefficient (Wildman–Crippen LogP) is 3.69. The van der Waals surface area contributed by atoms with Crippen molar-refractivity contribution in [3.8, 4) is 0 Å². The standard InChI is InChI=1S/C13H16BrF4NO/c1-19-10(5-6-20-8-13(16,17)18)7-9-3-2-4-11(15)12(9)14/h2-4,10,19H,5-8H2,1H3. The maximum atomic E-state index is 13.4. The van der Waals surface area contributed by atoms with E-state index >= 15 is 0 Å². The third-order valence-electron chi connectivity index (χ3n) is 2.78. The molecule has 0 heterocycles. The van der Waals surface area contributed by atoms with Crippen molar-refractivity contribution in [1.82, 2.24) is 5.32 Å². The largest absolute Gasteiger partial charge is 0.411 e. The van der Waals surface area contributed by atoms with Gasteiger partial charge in [0.25, 0.3) is 0 Å². The molecule has 0 spiro atoms. The van der Waals surface area contributed by atoms with Crippen LogP contribution in [-0.4, -0.2) is 32.5 Å². The zero-order valence-electron chi connectivity index (χ0n) is 10.9. The van der Waals surface area contributed by atoms with Gasteiger partial charge in [-0.1, -0.05) is 12.1 Å². The van der Waals surface area contributed by atoms with Gasteiger partial charge in [-0.25, -0.2) is 4.39 Å². The molecular formula is C13H16BrF4NO. The topological polar surface area (TPSA) is 21.3 Å². The third kappa shape index (κ3) is 6.19. The van der Waals surface area contributed by atoms with E-state index in [0.717, 1.165) is 5.56 Å². The Morgan fingerprint density at radius 1 is 1.35 bits per heavy atom. The third-order valence-corrected chi connectivity index (χ3v) is 3.67. The van der Waals surface area contributed by atoms with Gasteiger partial charge in [-0.15, -0.1) is 0 Å². The second-order valence-electron chi connectivity index (χ2n) is 4.36. The van der Waals surface area contributed by atoms with Crippen molar-refractivity contribution >= 4 is 15.9 Å². The van der Waals surface area contributed by atoms with E-state index in [2.05, 4.69) is 26.0 Å². The van der Waals surface area contributed by atoms with Crippen molar-refractivity contribution in [3.63, 3.8) is 0 Å². The molecule has 0 bridgehead atoms. The van der Waals surface area contributed by atoms with Crippen LogP contribution in [0.1, 0.15) is 12.0 Å². The zero-order valence-corrected chi connectivity index (χ0v) is 12.5. The molecule has 0 aliphatic rings. The molecule has 1 aromatic rings. The lowest BCUT2D eigenvalue weighted by molar-refractivity contribution is -0.174. The Morgan fingerprint density at radius 2 is 2.05 bits per heavy atom. The van der Waals surface area contributed by atoms with Crippen LogP contribution >= 0.6 is 15.9 Å². The van der Waals surface area contributed by atoms with E-state index < -0.39 is 12.8 Å². The van der Waals surface area contributed by atoms with Gasteiger partial charge in [0, 0.05) is 12.6 Å². The maximum absolute atomic E-state index is 13.4. The van der Waals surface area contributed by atoms with Crippen molar-refractivity contribution < 1.29 is 22.3 Å². The van der Waals surface area contributed by atoms with Crippen molar-refractivity contribution in [3.05, 3.63) is 34.1 Å². The first-order valence-corrected chi connectivity index (χ1v) is 6.87. The van der Waals surface area contributed by atoms with Crippen LogP contribution in [0.5, 0.6) is 0 Å². The highest BCUT2D eigenvalue weighted by atomic mass is 79.9. The average Bonchev–Trinajstić information content (AvgIpc) is 2.37. The predicted molar refractivity (Wildman–Crippen MR) is 72.1 cm³/mol. The van der Waals surface area contributed by atoms with E-state index in [0.29, 0.717) is 17.3 Å². The number of ether oxygens (including phenoxy) is 1. The summed E-state index contributed by atoms with van der Waals surface area (Å²) in [6.07, 6.45) is -3.39. The molecule has 0 saturated carbocycles. The number of alkyl halides is 3. The second-order valence-corrected chi connectivity index (χ2v) is 5.15. The number of nitrogens with one attached hydrogen (secondary N) is 1. The number of hydrogen-bond donors (Lipinski definition) is 1. The summed E-state index contributed by atoms with van der Waals surface area (Å²) in [6, 6.07) is 4.63. The zero-order chi connectivity index (χ0) is 15.2. The number of hydrogen-bond acceptors (Lipinski definition) is 2. The van der Waals surface area contributed by atoms with Gasteiger partial charge in [-0.05, 0) is 47.4 Å². The van der Waals surface area contributed by atoms with Crippen molar-refractivity contribution in [1.29, 1.82) is 0 Å². The molecule has 1 unspecified atom stereocenters. The average molecular weight is 358 g/mol. The molecule has 2 nitrogen and oxygen atoms in total. The Bertz CT molecular complexity index is 425. The van der Waals surface area contributed by atoms with Crippen LogP contribution in [0.4, 0.5) is 17.6 Å². The normalized spacial score (nSPS) is 13.5. The van der Waals surface area contributed by atoms with Gasteiger partial charge in [0.05, 0.1) is 4.47 Å². The van der Waals surface area contributed by atoms with E-state index in [1.54, 1.807) is 19.2 Å². The molecule has 1 rings (SSSR count). The molecule has 20 heavy (non-hydrogen) atoms. The number of benzene rings is 1. The first-order chi connectivity index (χ1) is 9.33. The van der Waals surface area contributed by atoms with Crippen molar-refractivity contribution in [2.24, 2.45) is 0 Å². The highest BCUT2D eigenvalue weighted by Crippen LogP contribution is 2.22. The van der Waals surface area contributed by atoms with Crippen LogP contribution in [-0.2, 0) is 11.2 Å². The molecule has 7 heteroatoms. The fourth-order valence-corrected chi connectivity index (χ4v) is 2.16. The molecule has 1 atom stereocenters. The van der Waals surface area contributed by atoms with Gasteiger partial charge in [-0.3, -0.25) is 0 Å². The minimum absolute atomic E-state index is 0.00203. The Kier molecular flexibility index (Phi) is 6.91. The van der Waals surface area contributed by atoms with Crippen LogP contribution in [0.15, 0.2) is 22.7 Å². The highest BCUT2D eigenvalue weighted by molar-refractivity contribution is 9.10. The van der Waals surface area contributed by atoms with Crippen molar-refractivity contribution in [2.75, 3.05) is 20.3 Å². The smallest absolute Gasteiger partial charge is 0.372 e. The van der Waals surface area contributed by atoms with E-state index in [-0.39, 0.29) is 18.5 Å². The van der Waals surface area contributed by atoms with E-state index in [9.17, 15) is 17.6 Å². The SMILES string of the molecule is CNC(CCOCC(F)(F)F)Cc1cccc(F)c1Br. The summed E-state index contributed by atoms with van der Waals surface area (Å²) in [4.78, 5) is 0. The lowest BCUT2D eigenvalue weighted by Gasteiger charge is -2.17. The lowest BCUT2D eigenvalue weighted by Crippen LogP contribution is -2.30. The van der Waals surface area contributed by atoms with E-state index in [1.165, 1.54) is 6.07 Å². The summed E-state index contributed by atoms with van der Waals surface area (Å²) in [7, 11) is 1.71. The first-order valence-electron chi connectivity index (χ1n) is 6.08. The molecule has 114 valence electrons. The number of halogens is 5. The van der Waals surface area contributed by atoms with Gasteiger partial charge >= 0.3 is 6.18 Å². The molecule has 1 aromatic carbocycles. The molecular weight excluding hydrogens is 342 g/mol. The van der Waals surface area contributed by atoms with Crippen LogP contribution in [0.3, 0.4) is 0 Å². The monoisotopic (exact) mass is 357 g/mol. The highest BCUT2D eigenvalue weighted by Gasteiger charge is 2.27. The second kappa shape index (κ2) is 7.95. The minimum atomic E-state index is -4.30. The number of likely N-dealkylation sites (N-methyl/N-ethyl adjacent to an activating group) is 1. The molecule has 0 aliphatic heterocycles. The summed E-state index contributed by atoms with van der Waals surface area (Å²) in [5.74, 6) is -0.356. The molecule has 0 fully saturated rings. The summed E-state index contributed by atoms with van der Waals surface area (Å²) >= 11 is 3.16. The summed E-state index contributed by atoms with van der Waals surface area (Å²) in [5.41, 5.74) is 0.764. The first kappa shape index (κ1) is 17.4. The maximum Gasteiger partial charge on any atom is 0.411 e. The van der Waals surface area contributed by atoms with Gasteiger partial charge < -0.3 is 10.1 Å². The molecule has 0 aliphatic carbocycles. The van der Waals surface area contributed by atoms with Gasteiger partial charge in [0.2, 0.25) is 0 Å². The Morgan fingerprint density at radius 3 is 2.65 bits per heavy atom. The van der Waals surface area contributed by atoms with E-state index in [1.807, 2.05) is 0 Å². The summed E-state index contributed by atoms with van der Waals surface area (Å²) in [6.45, 7) is -1.24. The molecule has 0 radical (unpaired) electrons. The summed E-state index contributed by atoms with van der Waals surface area (Å²) in [5, 5.41) is 2.99. The van der Waals surface area contributed by atoms with Crippen molar-refractivity contribution in [2.45, 2.75) is 25.1 Å². The molecule has 1 N–H and O–H groups in total. The molecule has 0 aromatic heterocycles. The molecule has 0 saturated heterocycles. The Labute approximate surface area is 123 Å². The summed E-state index contributed by atoms with van der Waals surface area (Å²) < 4.78 is 54.1. The van der Waals surface area contributed by atoms with Gasteiger partial charge in [0.1, 0.15) is 12.4 Å². The van der Waals surface area contributed by atoms with Crippen LogP contribution in [0, 0.1) is 5.82 Å². The van der Waals surface area contributed by atoms with E-state index in [4.69, 9.17) is 0 Å². The Balaban J connectivity index is 2.45. The fraction of sp³-hybridized carbons (Fsp3) is 0.538. The Hall–Kier alpha value is -0.660. The molecule has 0 amide bonds. The lowest BCUT2D eigenvalue weighted by atomic mass is 10.0. The van der Waals surface area contributed by atoms with Crippen LogP contribution < -0.4 is 5.32 Å². The van der Waals surface area contributed by atoms with Crippen LogP contribution in [0.2, 0.25) is 0 Å². The fourth-order valence-electron chi connectivity index (χ4n) is 1.73. The quantitative estimate of drug-likeness (QED) is 0.593. The van der Waals surface area contributed by atoms with Crippen LogP contribution in [0.25, 0.3) is 0 Å². The van der Waals surface area contributed by atoms with Gasteiger partial charge in [-0.2, -0.15) is 13.2 Å². The van der Waals surface area contributed by atoms with Gasteiger partial charge in [0.15, 0.2) is 0 Å². The minimum Gasteiger partial charge on any atom is -0.372 e. The number of rotatable bonds is 7.